The molecule has 0 aromatic heterocycles. The third-order valence-corrected chi connectivity index (χ3v) is 1.53. The molecule has 0 fully saturated rings. The van der Waals surface area contributed by atoms with E-state index in [-0.39, 0.29) is 5.56 Å². The summed E-state index contributed by atoms with van der Waals surface area (Å²) in [6.45, 7) is 0. The molecule has 0 bridgehead atoms. The SMILES string of the molecule is O=C(O)C=Cc1cc(F)cc([N+](=O)[O-])c1. The third-order valence-electron chi connectivity index (χ3n) is 1.53. The van der Waals surface area contributed by atoms with Crippen LogP contribution in [0.5, 0.6) is 0 Å². The molecule has 0 aliphatic heterocycles. The lowest BCUT2D eigenvalue weighted by molar-refractivity contribution is -0.385. The van der Waals surface area contributed by atoms with Crippen molar-refractivity contribution < 1.29 is 19.2 Å². The van der Waals surface area contributed by atoms with Gasteiger partial charge in [0, 0.05) is 12.1 Å². The molecule has 0 saturated carbocycles. The number of nitro groups is 1. The molecular weight excluding hydrogens is 205 g/mol. The lowest BCUT2D eigenvalue weighted by Gasteiger charge is -1.95. The molecule has 0 saturated heterocycles. The topological polar surface area (TPSA) is 80.4 Å². The van der Waals surface area contributed by atoms with E-state index in [1.807, 2.05) is 0 Å². The van der Waals surface area contributed by atoms with Crippen LogP contribution < -0.4 is 0 Å². The predicted octanol–water partition coefficient (Wildman–Crippen LogP) is 1.83. The first-order valence-electron chi connectivity index (χ1n) is 3.85. The van der Waals surface area contributed by atoms with E-state index >= 15 is 0 Å². The molecule has 1 rings (SSSR count). The second-order valence-electron chi connectivity index (χ2n) is 2.67. The van der Waals surface area contributed by atoms with Gasteiger partial charge < -0.3 is 5.11 Å². The number of benzene rings is 1. The monoisotopic (exact) mass is 211 g/mol. The van der Waals surface area contributed by atoms with Crippen molar-refractivity contribution >= 4 is 17.7 Å². The maximum absolute atomic E-state index is 12.8. The molecular formula is C9H6FNO4. The van der Waals surface area contributed by atoms with E-state index in [0.717, 1.165) is 30.4 Å². The summed E-state index contributed by atoms with van der Waals surface area (Å²) in [5.74, 6) is -1.99. The summed E-state index contributed by atoms with van der Waals surface area (Å²) in [4.78, 5) is 19.8. The molecule has 0 unspecified atom stereocenters. The van der Waals surface area contributed by atoms with Gasteiger partial charge in [-0.2, -0.15) is 0 Å². The standard InChI is InChI=1S/C9H6FNO4/c10-7-3-6(1-2-9(12)13)4-8(5-7)11(14)15/h1-5H,(H,12,13). The number of halogens is 1. The highest BCUT2D eigenvalue weighted by Gasteiger charge is 2.08. The van der Waals surface area contributed by atoms with Crippen LogP contribution in [0.4, 0.5) is 10.1 Å². The summed E-state index contributed by atoms with van der Waals surface area (Å²) < 4.78 is 12.8. The van der Waals surface area contributed by atoms with E-state index in [0.29, 0.717) is 0 Å². The molecule has 1 N–H and O–H groups in total. The highest BCUT2D eigenvalue weighted by molar-refractivity contribution is 5.85. The summed E-state index contributed by atoms with van der Waals surface area (Å²) in [6.07, 6.45) is 1.86. The van der Waals surface area contributed by atoms with Gasteiger partial charge in [-0.3, -0.25) is 10.1 Å². The van der Waals surface area contributed by atoms with Crippen molar-refractivity contribution in [3.63, 3.8) is 0 Å². The van der Waals surface area contributed by atoms with E-state index in [1.54, 1.807) is 0 Å². The van der Waals surface area contributed by atoms with Crippen LogP contribution in [0.3, 0.4) is 0 Å². The Balaban J connectivity index is 3.09. The Hall–Kier alpha value is -2.24. The quantitative estimate of drug-likeness (QED) is 0.469. The molecule has 0 radical (unpaired) electrons. The molecule has 0 aliphatic carbocycles. The first-order chi connectivity index (χ1) is 6.99. The Morgan fingerprint density at radius 2 is 2.13 bits per heavy atom. The molecule has 1 aromatic carbocycles. The molecule has 0 spiro atoms. The molecule has 78 valence electrons. The lowest BCUT2D eigenvalue weighted by Crippen LogP contribution is -1.91. The minimum atomic E-state index is -1.21. The molecule has 15 heavy (non-hydrogen) atoms. The number of rotatable bonds is 3. The van der Waals surface area contributed by atoms with Gasteiger partial charge in [-0.1, -0.05) is 0 Å². The van der Waals surface area contributed by atoms with Crippen molar-refractivity contribution in [3.05, 3.63) is 45.8 Å². The summed E-state index contributed by atoms with van der Waals surface area (Å²) in [6, 6.07) is 2.85. The Bertz CT molecular complexity index is 442. The average molecular weight is 211 g/mol. The summed E-state index contributed by atoms with van der Waals surface area (Å²) >= 11 is 0. The number of aliphatic carboxylic acids is 1. The maximum atomic E-state index is 12.8. The first kappa shape index (κ1) is 10.8. The van der Waals surface area contributed by atoms with Gasteiger partial charge >= 0.3 is 5.97 Å². The van der Waals surface area contributed by atoms with E-state index < -0.39 is 22.4 Å². The minimum Gasteiger partial charge on any atom is -0.478 e. The number of nitro benzene ring substituents is 1. The third kappa shape index (κ3) is 3.18. The van der Waals surface area contributed by atoms with Gasteiger partial charge in [-0.15, -0.1) is 0 Å². The number of non-ortho nitro benzene ring substituents is 1. The van der Waals surface area contributed by atoms with Crippen LogP contribution in [0.1, 0.15) is 5.56 Å². The van der Waals surface area contributed by atoms with E-state index in [9.17, 15) is 19.3 Å². The van der Waals surface area contributed by atoms with Crippen molar-refractivity contribution in [2.75, 3.05) is 0 Å². The van der Waals surface area contributed by atoms with Crippen LogP contribution in [0.2, 0.25) is 0 Å². The Morgan fingerprint density at radius 1 is 1.47 bits per heavy atom. The summed E-state index contributed by atoms with van der Waals surface area (Å²) in [7, 11) is 0. The van der Waals surface area contributed by atoms with Crippen LogP contribution in [0.15, 0.2) is 24.3 Å². The van der Waals surface area contributed by atoms with Gasteiger partial charge in [0.05, 0.1) is 11.0 Å². The Kier molecular flexibility index (Phi) is 3.12. The summed E-state index contributed by atoms with van der Waals surface area (Å²) in [5, 5.41) is 18.7. The fourth-order valence-electron chi connectivity index (χ4n) is 0.965. The number of carboxylic acids is 1. The second kappa shape index (κ2) is 4.32. The van der Waals surface area contributed by atoms with Crippen LogP contribution >= 0.6 is 0 Å². The van der Waals surface area contributed by atoms with E-state index in [4.69, 9.17) is 5.11 Å². The van der Waals surface area contributed by atoms with E-state index in [2.05, 4.69) is 0 Å². The largest absolute Gasteiger partial charge is 0.478 e. The molecule has 0 amide bonds. The molecule has 1 aromatic rings. The van der Waals surface area contributed by atoms with Crippen molar-refractivity contribution in [3.8, 4) is 0 Å². The molecule has 0 aliphatic rings. The average Bonchev–Trinajstić information content (AvgIpc) is 2.13. The van der Waals surface area contributed by atoms with Crippen LogP contribution in [0.25, 0.3) is 6.08 Å². The Labute approximate surface area is 83.6 Å². The van der Waals surface area contributed by atoms with Gasteiger partial charge in [0.25, 0.3) is 5.69 Å². The maximum Gasteiger partial charge on any atom is 0.328 e. The predicted molar refractivity (Wildman–Crippen MR) is 49.7 cm³/mol. The van der Waals surface area contributed by atoms with Crippen LogP contribution in [-0.2, 0) is 4.79 Å². The first-order valence-corrected chi connectivity index (χ1v) is 3.85. The van der Waals surface area contributed by atoms with Crippen molar-refractivity contribution in [2.45, 2.75) is 0 Å². The second-order valence-corrected chi connectivity index (χ2v) is 2.67. The fourth-order valence-corrected chi connectivity index (χ4v) is 0.965. The number of hydrogen-bond acceptors (Lipinski definition) is 3. The van der Waals surface area contributed by atoms with Crippen LogP contribution in [0, 0.1) is 15.9 Å². The van der Waals surface area contributed by atoms with E-state index in [1.165, 1.54) is 0 Å². The lowest BCUT2D eigenvalue weighted by atomic mass is 10.2. The highest BCUT2D eigenvalue weighted by Crippen LogP contribution is 2.17. The molecule has 5 nitrogen and oxygen atoms in total. The summed E-state index contributed by atoms with van der Waals surface area (Å²) in [5.41, 5.74) is -0.288. The number of hydrogen-bond donors (Lipinski definition) is 1. The van der Waals surface area contributed by atoms with Crippen molar-refractivity contribution in [1.82, 2.24) is 0 Å². The van der Waals surface area contributed by atoms with Gasteiger partial charge in [0.15, 0.2) is 0 Å². The number of carboxylic acid groups (broad SMARTS) is 1. The zero-order chi connectivity index (χ0) is 11.4. The number of nitrogens with zero attached hydrogens (tertiary/aromatic N) is 1. The van der Waals surface area contributed by atoms with Crippen molar-refractivity contribution in [2.24, 2.45) is 0 Å². The minimum absolute atomic E-state index is 0.129. The molecule has 0 atom stereocenters. The number of carbonyl (C=O) groups is 1. The zero-order valence-electron chi connectivity index (χ0n) is 7.38. The normalized spacial score (nSPS) is 10.5. The molecule has 6 heteroatoms. The fraction of sp³-hybridized carbons (Fsp3) is 0. The highest BCUT2D eigenvalue weighted by atomic mass is 19.1. The van der Waals surface area contributed by atoms with Crippen LogP contribution in [-0.4, -0.2) is 16.0 Å². The van der Waals surface area contributed by atoms with Gasteiger partial charge in [-0.25, -0.2) is 9.18 Å². The van der Waals surface area contributed by atoms with Crippen molar-refractivity contribution in [1.29, 1.82) is 0 Å². The zero-order valence-corrected chi connectivity index (χ0v) is 7.38. The smallest absolute Gasteiger partial charge is 0.328 e. The molecule has 0 heterocycles. The Morgan fingerprint density at radius 3 is 2.67 bits per heavy atom. The van der Waals surface area contributed by atoms with Gasteiger partial charge in [0.1, 0.15) is 5.82 Å². The van der Waals surface area contributed by atoms with Gasteiger partial charge in [-0.05, 0) is 17.7 Å². The van der Waals surface area contributed by atoms with Gasteiger partial charge in [0.2, 0.25) is 0 Å².